The molecule has 1 aromatic carbocycles. The average molecular weight is 432 g/mol. The lowest BCUT2D eigenvalue weighted by Crippen LogP contribution is -2.41. The Morgan fingerprint density at radius 3 is 2.61 bits per heavy atom. The molecule has 8 heteroatoms. The molecule has 2 aliphatic carbocycles. The van der Waals surface area contributed by atoms with E-state index in [1.807, 2.05) is 13.0 Å². The van der Waals surface area contributed by atoms with Crippen LogP contribution in [0.3, 0.4) is 0 Å². The minimum Gasteiger partial charge on any atom is -0.363 e. The lowest BCUT2D eigenvalue weighted by atomic mass is 9.84. The number of fused-ring (bicyclic) bond motifs is 3. The molecule has 5 nitrogen and oxygen atoms in total. The maximum Gasteiger partial charge on any atom is 0.410 e. The Balaban J connectivity index is 1.40. The average Bonchev–Trinajstić information content (AvgIpc) is 3.48. The first kappa shape index (κ1) is 20.4. The van der Waals surface area contributed by atoms with Gasteiger partial charge in [-0.15, -0.1) is 0 Å². The number of hydrogen-bond acceptors (Lipinski definition) is 3. The summed E-state index contributed by atoms with van der Waals surface area (Å²) < 4.78 is 42.4. The van der Waals surface area contributed by atoms with E-state index in [1.54, 1.807) is 24.3 Å². The molecule has 0 unspecified atom stereocenters. The smallest absolute Gasteiger partial charge is 0.363 e. The van der Waals surface area contributed by atoms with Crippen molar-refractivity contribution in [3.8, 4) is 0 Å². The molecule has 2 saturated carbocycles. The minimum absolute atomic E-state index is 0.00901. The zero-order chi connectivity index (χ0) is 21.8. The van der Waals surface area contributed by atoms with Gasteiger partial charge in [-0.1, -0.05) is 36.8 Å². The van der Waals surface area contributed by atoms with Gasteiger partial charge in [0.1, 0.15) is 11.4 Å². The van der Waals surface area contributed by atoms with Gasteiger partial charge >= 0.3 is 6.18 Å². The molecule has 0 spiro atoms. The second-order valence-corrected chi connectivity index (χ2v) is 9.35. The van der Waals surface area contributed by atoms with Gasteiger partial charge in [-0.25, -0.2) is 4.68 Å². The van der Waals surface area contributed by atoms with Gasteiger partial charge in [0.15, 0.2) is 6.04 Å². The highest BCUT2D eigenvalue weighted by molar-refractivity contribution is 5.99. The monoisotopic (exact) mass is 432 g/mol. The molecular formula is C23H27F3N4O. The molecule has 3 aliphatic rings. The highest BCUT2D eigenvalue weighted by atomic mass is 19.4. The number of alkyl halides is 3. The van der Waals surface area contributed by atoms with Crippen molar-refractivity contribution in [3.05, 3.63) is 47.7 Å². The number of benzene rings is 1. The summed E-state index contributed by atoms with van der Waals surface area (Å²) in [5, 5.41) is 10.2. The lowest BCUT2D eigenvalue weighted by Gasteiger charge is -2.34. The molecule has 2 N–H and O–H groups in total. The SMILES string of the molecule is C[C@H](NC(=O)c1cnn2c1N[C@H](c1ccccc1)C[C@@H]2C(F)(F)F)[C@@H]1C[C@H]2CC[C@H]1C2. The molecule has 0 radical (unpaired) electrons. The number of nitrogens with zero attached hydrogens (tertiary/aromatic N) is 2. The molecule has 1 amide bonds. The van der Waals surface area contributed by atoms with Gasteiger partial charge in [-0.3, -0.25) is 4.79 Å². The summed E-state index contributed by atoms with van der Waals surface area (Å²) in [6.07, 6.45) is 1.49. The Morgan fingerprint density at radius 2 is 1.97 bits per heavy atom. The first-order valence-electron chi connectivity index (χ1n) is 11.1. The van der Waals surface area contributed by atoms with Crippen molar-refractivity contribution in [2.75, 3.05) is 5.32 Å². The number of carbonyl (C=O) groups excluding carboxylic acids is 1. The standard InChI is InChI=1S/C23H27F3N4O/c1-13(17-10-14-7-8-16(17)9-14)28-22(31)18-12-27-30-20(23(24,25)26)11-19(29-21(18)30)15-5-3-2-4-6-15/h2-6,12-14,16-17,19-20,29H,7-11H2,1H3,(H,28,31)/t13-,14-,16-,17-,19-,20+/m0/s1. The second-order valence-electron chi connectivity index (χ2n) is 9.35. The van der Waals surface area contributed by atoms with Gasteiger partial charge in [-0.2, -0.15) is 18.3 Å². The van der Waals surface area contributed by atoms with E-state index in [0.29, 0.717) is 11.8 Å². The molecule has 2 heterocycles. The highest BCUT2D eigenvalue weighted by Crippen LogP contribution is 2.49. The number of anilines is 1. The van der Waals surface area contributed by atoms with Gasteiger partial charge in [0.2, 0.25) is 0 Å². The zero-order valence-corrected chi connectivity index (χ0v) is 17.4. The van der Waals surface area contributed by atoms with Gasteiger partial charge < -0.3 is 10.6 Å². The Bertz CT molecular complexity index is 957. The number of hydrogen-bond donors (Lipinski definition) is 2. The fraction of sp³-hybridized carbons (Fsp3) is 0.565. The maximum atomic E-state index is 13.8. The number of rotatable bonds is 4. The largest absolute Gasteiger partial charge is 0.410 e. The Labute approximate surface area is 179 Å². The van der Waals surface area contributed by atoms with Crippen LogP contribution in [0.4, 0.5) is 19.0 Å². The van der Waals surface area contributed by atoms with Crippen molar-refractivity contribution in [2.24, 2.45) is 17.8 Å². The molecule has 2 fully saturated rings. The molecule has 166 valence electrons. The predicted octanol–water partition coefficient (Wildman–Crippen LogP) is 5.10. The van der Waals surface area contributed by atoms with E-state index in [1.165, 1.54) is 25.5 Å². The van der Waals surface area contributed by atoms with Crippen molar-refractivity contribution in [1.29, 1.82) is 0 Å². The van der Waals surface area contributed by atoms with E-state index < -0.39 is 18.3 Å². The van der Waals surface area contributed by atoms with Crippen LogP contribution in [0.2, 0.25) is 0 Å². The number of halogens is 3. The number of carbonyl (C=O) groups is 1. The molecular weight excluding hydrogens is 405 g/mol. The summed E-state index contributed by atoms with van der Waals surface area (Å²) >= 11 is 0. The Morgan fingerprint density at radius 1 is 1.19 bits per heavy atom. The third-order valence-corrected chi connectivity index (χ3v) is 7.48. The highest BCUT2D eigenvalue weighted by Gasteiger charge is 2.47. The molecule has 1 aliphatic heterocycles. The van der Waals surface area contributed by atoms with Gasteiger partial charge in [0.25, 0.3) is 5.91 Å². The van der Waals surface area contributed by atoms with Crippen LogP contribution in [-0.4, -0.2) is 27.9 Å². The Kier molecular flexibility index (Phi) is 4.98. The predicted molar refractivity (Wildman–Crippen MR) is 111 cm³/mol. The van der Waals surface area contributed by atoms with Crippen molar-refractivity contribution in [3.63, 3.8) is 0 Å². The van der Waals surface area contributed by atoms with E-state index >= 15 is 0 Å². The van der Waals surface area contributed by atoms with E-state index in [2.05, 4.69) is 15.7 Å². The maximum absolute atomic E-state index is 13.8. The molecule has 2 aromatic rings. The fourth-order valence-electron chi connectivity index (χ4n) is 5.93. The molecule has 1 aromatic heterocycles. The lowest BCUT2D eigenvalue weighted by molar-refractivity contribution is -0.173. The molecule has 6 atom stereocenters. The molecule has 5 rings (SSSR count). The van der Waals surface area contributed by atoms with Crippen LogP contribution in [0.5, 0.6) is 0 Å². The van der Waals surface area contributed by atoms with Crippen LogP contribution in [0.1, 0.15) is 67.0 Å². The zero-order valence-electron chi connectivity index (χ0n) is 17.4. The van der Waals surface area contributed by atoms with Crippen LogP contribution < -0.4 is 10.6 Å². The van der Waals surface area contributed by atoms with Crippen LogP contribution in [0.25, 0.3) is 0 Å². The minimum atomic E-state index is -4.46. The van der Waals surface area contributed by atoms with Gasteiger partial charge in [-0.05, 0) is 49.5 Å². The van der Waals surface area contributed by atoms with Gasteiger partial charge in [0, 0.05) is 12.5 Å². The van der Waals surface area contributed by atoms with E-state index in [-0.39, 0.29) is 29.8 Å². The van der Waals surface area contributed by atoms with Crippen LogP contribution >= 0.6 is 0 Å². The first-order chi connectivity index (χ1) is 14.8. The van der Waals surface area contributed by atoms with E-state index in [4.69, 9.17) is 0 Å². The third kappa shape index (κ3) is 3.70. The number of nitrogens with one attached hydrogen (secondary N) is 2. The summed E-state index contributed by atoms with van der Waals surface area (Å²) in [7, 11) is 0. The van der Waals surface area contributed by atoms with Crippen molar-refractivity contribution < 1.29 is 18.0 Å². The topological polar surface area (TPSA) is 59.0 Å². The summed E-state index contributed by atoms with van der Waals surface area (Å²) in [4.78, 5) is 13.1. The van der Waals surface area contributed by atoms with E-state index in [0.717, 1.165) is 22.6 Å². The Hall–Kier alpha value is -2.51. The van der Waals surface area contributed by atoms with Crippen molar-refractivity contribution >= 4 is 11.7 Å². The van der Waals surface area contributed by atoms with Crippen molar-refractivity contribution in [1.82, 2.24) is 15.1 Å². The van der Waals surface area contributed by atoms with Crippen molar-refractivity contribution in [2.45, 2.75) is 63.3 Å². The summed E-state index contributed by atoms with van der Waals surface area (Å²) in [6, 6.07) is 6.69. The van der Waals surface area contributed by atoms with Gasteiger partial charge in [0.05, 0.1) is 12.2 Å². The molecule has 2 bridgehead atoms. The van der Waals surface area contributed by atoms with Crippen LogP contribution in [0.15, 0.2) is 36.5 Å². The van der Waals surface area contributed by atoms with Crippen LogP contribution in [-0.2, 0) is 0 Å². The quantitative estimate of drug-likeness (QED) is 0.707. The second kappa shape index (κ2) is 7.57. The normalized spacial score (nSPS) is 30.5. The fourth-order valence-corrected chi connectivity index (χ4v) is 5.93. The summed E-state index contributed by atoms with van der Waals surface area (Å²) in [6.45, 7) is 2.01. The molecule has 31 heavy (non-hydrogen) atoms. The summed E-state index contributed by atoms with van der Waals surface area (Å²) in [5.74, 6) is 1.64. The molecule has 0 saturated heterocycles. The summed E-state index contributed by atoms with van der Waals surface area (Å²) in [5.41, 5.74) is 0.927. The van der Waals surface area contributed by atoms with Crippen LogP contribution in [0, 0.1) is 17.8 Å². The number of amides is 1. The third-order valence-electron chi connectivity index (χ3n) is 7.48. The number of aromatic nitrogens is 2. The first-order valence-corrected chi connectivity index (χ1v) is 11.1. The van der Waals surface area contributed by atoms with E-state index in [9.17, 15) is 18.0 Å².